The minimum absolute atomic E-state index is 0.0236. The van der Waals surface area contributed by atoms with Gasteiger partial charge in [-0.25, -0.2) is 8.42 Å². The van der Waals surface area contributed by atoms with E-state index >= 15 is 0 Å². The highest BCUT2D eigenvalue weighted by atomic mass is 32.2. The van der Waals surface area contributed by atoms with Crippen LogP contribution in [0.4, 0.5) is 5.95 Å². The Balaban J connectivity index is 2.09. The molecule has 0 aromatic carbocycles. The Hall–Kier alpha value is -1.15. The van der Waals surface area contributed by atoms with Crippen molar-refractivity contribution in [3.63, 3.8) is 0 Å². The fraction of sp³-hybridized carbons (Fsp3) is 0.800. The van der Waals surface area contributed by atoms with Crippen LogP contribution in [0.2, 0.25) is 0 Å². The van der Waals surface area contributed by atoms with Gasteiger partial charge in [0.25, 0.3) is 5.16 Å². The number of anilines is 1. The van der Waals surface area contributed by atoms with E-state index in [9.17, 15) is 8.42 Å². The van der Waals surface area contributed by atoms with Crippen molar-refractivity contribution in [1.29, 1.82) is 0 Å². The zero-order chi connectivity index (χ0) is 13.2. The number of nitrogens with two attached hydrogens (primary N) is 1. The summed E-state index contributed by atoms with van der Waals surface area (Å²) in [5.41, 5.74) is 5.57. The van der Waals surface area contributed by atoms with Gasteiger partial charge in [-0.2, -0.15) is 0 Å². The van der Waals surface area contributed by atoms with E-state index in [1.807, 2.05) is 0 Å². The van der Waals surface area contributed by atoms with Gasteiger partial charge < -0.3 is 10.5 Å². The molecule has 1 atom stereocenters. The summed E-state index contributed by atoms with van der Waals surface area (Å²) in [6.45, 7) is 2.97. The normalized spacial score (nSPS) is 20.4. The lowest BCUT2D eigenvalue weighted by molar-refractivity contribution is 0.109. The van der Waals surface area contributed by atoms with Gasteiger partial charge in [-0.1, -0.05) is 0 Å². The first-order chi connectivity index (χ1) is 8.54. The van der Waals surface area contributed by atoms with Crippen LogP contribution in [-0.2, 0) is 21.1 Å². The molecule has 1 unspecified atom stereocenters. The lowest BCUT2D eigenvalue weighted by Crippen LogP contribution is -2.18. The molecule has 1 aliphatic heterocycles. The van der Waals surface area contributed by atoms with Gasteiger partial charge in [0.2, 0.25) is 15.8 Å². The average Bonchev–Trinajstić information content (AvgIpc) is 2.95. The lowest BCUT2D eigenvalue weighted by Gasteiger charge is -2.09. The molecule has 0 amide bonds. The molecule has 1 fully saturated rings. The molecule has 0 spiro atoms. The SMILES string of the molecule is CCn1c(N)nnc1S(=O)(=O)CCC1CCCO1. The van der Waals surface area contributed by atoms with Gasteiger partial charge in [0.05, 0.1) is 11.9 Å². The van der Waals surface area contributed by atoms with E-state index in [4.69, 9.17) is 10.5 Å². The standard InChI is InChI=1S/C10H18N4O3S/c1-2-14-9(11)12-13-10(14)18(15,16)7-5-8-4-3-6-17-8/h8H,2-7H2,1H3,(H2,11,12). The van der Waals surface area contributed by atoms with Crippen LogP contribution in [0.1, 0.15) is 26.2 Å². The van der Waals surface area contributed by atoms with E-state index in [-0.39, 0.29) is 23.0 Å². The van der Waals surface area contributed by atoms with Gasteiger partial charge >= 0.3 is 0 Å². The number of hydrogen-bond donors (Lipinski definition) is 1. The summed E-state index contributed by atoms with van der Waals surface area (Å²) in [6.07, 6.45) is 2.48. The second-order valence-corrected chi connectivity index (χ2v) is 6.33. The zero-order valence-electron chi connectivity index (χ0n) is 10.4. The topological polar surface area (TPSA) is 100 Å². The van der Waals surface area contributed by atoms with Crippen LogP contribution in [0, 0.1) is 0 Å². The van der Waals surface area contributed by atoms with Crippen LogP contribution in [0.25, 0.3) is 0 Å². The van der Waals surface area contributed by atoms with Crippen molar-refractivity contribution >= 4 is 15.8 Å². The Morgan fingerprint density at radius 3 is 2.89 bits per heavy atom. The van der Waals surface area contributed by atoms with Gasteiger partial charge in [0.15, 0.2) is 0 Å². The lowest BCUT2D eigenvalue weighted by atomic mass is 10.2. The molecule has 2 N–H and O–H groups in total. The van der Waals surface area contributed by atoms with Gasteiger partial charge in [0, 0.05) is 13.2 Å². The van der Waals surface area contributed by atoms with Crippen molar-refractivity contribution in [1.82, 2.24) is 14.8 Å². The summed E-state index contributed by atoms with van der Waals surface area (Å²) in [7, 11) is -3.44. The number of nitrogens with zero attached hydrogens (tertiary/aromatic N) is 3. The Kier molecular flexibility index (Phi) is 3.86. The second kappa shape index (κ2) is 5.23. The van der Waals surface area contributed by atoms with Crippen LogP contribution >= 0.6 is 0 Å². The molecule has 1 saturated heterocycles. The maximum absolute atomic E-state index is 12.1. The van der Waals surface area contributed by atoms with Crippen LogP contribution in [0.3, 0.4) is 0 Å². The average molecular weight is 274 g/mol. The molecule has 1 aromatic rings. The molecule has 2 heterocycles. The third kappa shape index (κ3) is 2.64. The number of hydrogen-bond acceptors (Lipinski definition) is 6. The summed E-state index contributed by atoms with van der Waals surface area (Å²) >= 11 is 0. The second-order valence-electron chi connectivity index (χ2n) is 4.33. The Bertz CT molecular complexity index is 505. The van der Waals surface area contributed by atoms with Crippen molar-refractivity contribution in [2.45, 2.75) is 44.0 Å². The summed E-state index contributed by atoms with van der Waals surface area (Å²) < 4.78 is 31.1. The summed E-state index contributed by atoms with van der Waals surface area (Å²) in [5.74, 6) is 0.156. The van der Waals surface area contributed by atoms with E-state index in [1.165, 1.54) is 4.57 Å². The number of rotatable bonds is 5. The summed E-state index contributed by atoms with van der Waals surface area (Å²) in [4.78, 5) is 0. The molecular weight excluding hydrogens is 256 g/mol. The Morgan fingerprint density at radius 1 is 1.50 bits per heavy atom. The molecular formula is C10H18N4O3S. The minimum atomic E-state index is -3.44. The monoisotopic (exact) mass is 274 g/mol. The Labute approximate surface area is 106 Å². The number of sulfone groups is 1. The molecule has 7 nitrogen and oxygen atoms in total. The van der Waals surface area contributed by atoms with Crippen molar-refractivity contribution in [2.75, 3.05) is 18.1 Å². The summed E-state index contributed by atoms with van der Waals surface area (Å²) in [6, 6.07) is 0. The van der Waals surface area contributed by atoms with Crippen molar-refractivity contribution in [3.8, 4) is 0 Å². The molecule has 0 radical (unpaired) electrons. The van der Waals surface area contributed by atoms with Gasteiger partial charge in [-0.15, -0.1) is 10.2 Å². The highest BCUT2D eigenvalue weighted by molar-refractivity contribution is 7.91. The van der Waals surface area contributed by atoms with E-state index in [0.717, 1.165) is 19.4 Å². The molecule has 0 saturated carbocycles. The molecule has 102 valence electrons. The maximum Gasteiger partial charge on any atom is 0.251 e. The largest absolute Gasteiger partial charge is 0.378 e. The predicted octanol–water partition coefficient (Wildman–Crippen LogP) is 0.223. The number of nitrogen functional groups attached to an aromatic ring is 1. The molecule has 1 aromatic heterocycles. The first-order valence-corrected chi connectivity index (χ1v) is 7.73. The number of aromatic nitrogens is 3. The van der Waals surface area contributed by atoms with Crippen LogP contribution < -0.4 is 5.73 Å². The fourth-order valence-corrected chi connectivity index (χ4v) is 3.56. The van der Waals surface area contributed by atoms with Crippen molar-refractivity contribution < 1.29 is 13.2 Å². The zero-order valence-corrected chi connectivity index (χ0v) is 11.2. The third-order valence-electron chi connectivity index (χ3n) is 3.07. The maximum atomic E-state index is 12.1. The quantitative estimate of drug-likeness (QED) is 0.824. The molecule has 18 heavy (non-hydrogen) atoms. The van der Waals surface area contributed by atoms with Gasteiger partial charge in [0.1, 0.15) is 0 Å². The molecule has 0 aliphatic carbocycles. The highest BCUT2D eigenvalue weighted by Gasteiger charge is 2.26. The van der Waals surface area contributed by atoms with E-state index in [1.54, 1.807) is 6.92 Å². The van der Waals surface area contributed by atoms with Crippen LogP contribution in [0.5, 0.6) is 0 Å². The smallest absolute Gasteiger partial charge is 0.251 e. The first-order valence-electron chi connectivity index (χ1n) is 6.07. The van der Waals surface area contributed by atoms with Gasteiger partial charge in [-0.3, -0.25) is 4.57 Å². The van der Waals surface area contributed by atoms with Crippen molar-refractivity contribution in [2.24, 2.45) is 0 Å². The predicted molar refractivity (Wildman–Crippen MR) is 65.8 cm³/mol. The molecule has 8 heteroatoms. The van der Waals surface area contributed by atoms with Crippen LogP contribution in [-0.4, -0.2) is 41.6 Å². The van der Waals surface area contributed by atoms with E-state index < -0.39 is 9.84 Å². The Morgan fingerprint density at radius 2 is 2.28 bits per heavy atom. The highest BCUT2D eigenvalue weighted by Crippen LogP contribution is 2.19. The van der Waals surface area contributed by atoms with E-state index in [0.29, 0.717) is 13.0 Å². The number of ether oxygens (including phenoxy) is 1. The van der Waals surface area contributed by atoms with Crippen LogP contribution in [0.15, 0.2) is 5.16 Å². The van der Waals surface area contributed by atoms with Crippen molar-refractivity contribution in [3.05, 3.63) is 0 Å². The third-order valence-corrected chi connectivity index (χ3v) is 4.70. The fourth-order valence-electron chi connectivity index (χ4n) is 2.08. The molecule has 0 bridgehead atoms. The molecule has 2 rings (SSSR count). The van der Waals surface area contributed by atoms with Gasteiger partial charge in [-0.05, 0) is 26.2 Å². The first kappa shape index (κ1) is 13.3. The minimum Gasteiger partial charge on any atom is -0.378 e. The summed E-state index contributed by atoms with van der Waals surface area (Å²) in [5, 5.41) is 7.24. The molecule has 1 aliphatic rings. The van der Waals surface area contributed by atoms with E-state index in [2.05, 4.69) is 10.2 Å².